The van der Waals surface area contributed by atoms with Crippen LogP contribution in [0.3, 0.4) is 0 Å². The van der Waals surface area contributed by atoms with Gasteiger partial charge in [0.25, 0.3) is 0 Å². The van der Waals surface area contributed by atoms with Gasteiger partial charge in [0.2, 0.25) is 0 Å². The molecule has 19 heavy (non-hydrogen) atoms. The van der Waals surface area contributed by atoms with Crippen LogP contribution >= 0.6 is 0 Å². The van der Waals surface area contributed by atoms with Gasteiger partial charge in [0.1, 0.15) is 5.75 Å². The summed E-state index contributed by atoms with van der Waals surface area (Å²) in [5.41, 5.74) is 7.81. The highest BCUT2D eigenvalue weighted by Gasteiger charge is 2.06. The number of hydrogen-bond acceptors (Lipinski definition) is 4. The van der Waals surface area contributed by atoms with Crippen LogP contribution in [-0.2, 0) is 0 Å². The second-order valence-electron chi connectivity index (χ2n) is 3.93. The summed E-state index contributed by atoms with van der Waals surface area (Å²) in [6.07, 6.45) is 0. The summed E-state index contributed by atoms with van der Waals surface area (Å²) in [7, 11) is 3.00. The molecule has 0 aliphatic rings. The molecule has 0 fully saturated rings. The molecule has 0 saturated carbocycles. The lowest BCUT2D eigenvalue weighted by Gasteiger charge is -2.12. The van der Waals surface area contributed by atoms with Crippen molar-refractivity contribution in [3.63, 3.8) is 0 Å². The SMILES string of the molecule is COc1ccc(N)c(Nc2ccc(F)c(OC)c2)c1. The molecule has 3 N–H and O–H groups in total. The Labute approximate surface area is 111 Å². The monoisotopic (exact) mass is 262 g/mol. The highest BCUT2D eigenvalue weighted by molar-refractivity contribution is 5.74. The maximum absolute atomic E-state index is 13.3. The van der Waals surface area contributed by atoms with Crippen molar-refractivity contribution in [1.82, 2.24) is 0 Å². The average molecular weight is 262 g/mol. The van der Waals surface area contributed by atoms with Crippen LogP contribution in [0.15, 0.2) is 36.4 Å². The lowest BCUT2D eigenvalue weighted by molar-refractivity contribution is 0.387. The van der Waals surface area contributed by atoms with E-state index in [1.165, 1.54) is 13.2 Å². The summed E-state index contributed by atoms with van der Waals surface area (Å²) >= 11 is 0. The van der Waals surface area contributed by atoms with Crippen molar-refractivity contribution in [1.29, 1.82) is 0 Å². The number of anilines is 3. The molecular weight excluding hydrogens is 247 g/mol. The molecule has 0 radical (unpaired) electrons. The summed E-state index contributed by atoms with van der Waals surface area (Å²) < 4.78 is 23.4. The van der Waals surface area contributed by atoms with E-state index in [0.717, 1.165) is 0 Å². The van der Waals surface area contributed by atoms with E-state index < -0.39 is 5.82 Å². The van der Waals surface area contributed by atoms with Crippen LogP contribution in [0.25, 0.3) is 0 Å². The predicted octanol–water partition coefficient (Wildman–Crippen LogP) is 3.17. The number of rotatable bonds is 4. The van der Waals surface area contributed by atoms with E-state index in [-0.39, 0.29) is 5.75 Å². The first-order chi connectivity index (χ1) is 9.13. The van der Waals surface area contributed by atoms with Crippen LogP contribution in [0, 0.1) is 5.82 Å². The summed E-state index contributed by atoms with van der Waals surface area (Å²) in [4.78, 5) is 0. The molecule has 0 heterocycles. The topological polar surface area (TPSA) is 56.5 Å². The van der Waals surface area contributed by atoms with E-state index in [2.05, 4.69) is 5.32 Å². The first-order valence-electron chi connectivity index (χ1n) is 5.68. The Morgan fingerprint density at radius 2 is 1.84 bits per heavy atom. The van der Waals surface area contributed by atoms with Crippen molar-refractivity contribution >= 4 is 17.1 Å². The van der Waals surface area contributed by atoms with Crippen molar-refractivity contribution in [2.45, 2.75) is 0 Å². The number of benzene rings is 2. The quantitative estimate of drug-likeness (QED) is 0.831. The molecule has 100 valence electrons. The molecule has 0 aromatic heterocycles. The van der Waals surface area contributed by atoms with Gasteiger partial charge in [0.05, 0.1) is 25.6 Å². The number of hydrogen-bond donors (Lipinski definition) is 2. The van der Waals surface area contributed by atoms with Crippen LogP contribution < -0.4 is 20.5 Å². The number of halogens is 1. The highest BCUT2D eigenvalue weighted by atomic mass is 19.1. The third kappa shape index (κ3) is 2.88. The number of nitrogens with two attached hydrogens (primary N) is 1. The maximum atomic E-state index is 13.3. The number of nitrogen functional groups attached to an aromatic ring is 1. The Morgan fingerprint density at radius 3 is 2.53 bits per heavy atom. The number of methoxy groups -OCH3 is 2. The second kappa shape index (κ2) is 5.48. The molecule has 0 unspecified atom stereocenters. The van der Waals surface area contributed by atoms with E-state index in [0.29, 0.717) is 22.8 Å². The zero-order chi connectivity index (χ0) is 13.8. The predicted molar refractivity (Wildman–Crippen MR) is 73.6 cm³/mol. The van der Waals surface area contributed by atoms with Crippen LogP contribution in [0.5, 0.6) is 11.5 Å². The smallest absolute Gasteiger partial charge is 0.165 e. The molecule has 5 heteroatoms. The van der Waals surface area contributed by atoms with Gasteiger partial charge in [-0.3, -0.25) is 0 Å². The maximum Gasteiger partial charge on any atom is 0.165 e. The van der Waals surface area contributed by atoms with Crippen molar-refractivity contribution in [3.05, 3.63) is 42.2 Å². The van der Waals surface area contributed by atoms with Gasteiger partial charge in [-0.1, -0.05) is 0 Å². The molecule has 2 rings (SSSR count). The lowest BCUT2D eigenvalue weighted by Crippen LogP contribution is -1.98. The Kier molecular flexibility index (Phi) is 3.75. The number of ether oxygens (including phenoxy) is 2. The molecular formula is C14H15FN2O2. The molecule has 0 aliphatic heterocycles. The fourth-order valence-electron chi connectivity index (χ4n) is 1.66. The summed E-state index contributed by atoms with van der Waals surface area (Å²) in [5, 5.41) is 3.10. The Bertz CT molecular complexity index is 588. The molecule has 0 saturated heterocycles. The second-order valence-corrected chi connectivity index (χ2v) is 3.93. The zero-order valence-corrected chi connectivity index (χ0v) is 10.7. The normalized spacial score (nSPS) is 10.1. The van der Waals surface area contributed by atoms with Gasteiger partial charge in [-0.25, -0.2) is 4.39 Å². The first kappa shape index (κ1) is 13.0. The van der Waals surface area contributed by atoms with E-state index >= 15 is 0 Å². The lowest BCUT2D eigenvalue weighted by atomic mass is 10.2. The van der Waals surface area contributed by atoms with Crippen LogP contribution in [0.4, 0.5) is 21.5 Å². The fraction of sp³-hybridized carbons (Fsp3) is 0.143. The first-order valence-corrected chi connectivity index (χ1v) is 5.68. The van der Waals surface area contributed by atoms with Crippen molar-refractivity contribution in [3.8, 4) is 11.5 Å². The molecule has 2 aromatic rings. The average Bonchev–Trinajstić information content (AvgIpc) is 2.43. The summed E-state index contributed by atoms with van der Waals surface area (Å²) in [6, 6.07) is 9.78. The van der Waals surface area contributed by atoms with Crippen LogP contribution in [0.1, 0.15) is 0 Å². The van der Waals surface area contributed by atoms with E-state index in [1.807, 2.05) is 0 Å². The minimum Gasteiger partial charge on any atom is -0.497 e. The Morgan fingerprint density at radius 1 is 1.05 bits per heavy atom. The summed E-state index contributed by atoms with van der Waals surface area (Å²) in [5.74, 6) is 0.448. The van der Waals surface area contributed by atoms with Gasteiger partial charge in [0, 0.05) is 17.8 Å². The molecule has 0 spiro atoms. The third-order valence-electron chi connectivity index (χ3n) is 2.69. The van der Waals surface area contributed by atoms with Crippen molar-refractivity contribution in [2.75, 3.05) is 25.3 Å². The molecule has 2 aromatic carbocycles. The van der Waals surface area contributed by atoms with Crippen LogP contribution in [-0.4, -0.2) is 14.2 Å². The van der Waals surface area contributed by atoms with Gasteiger partial charge in [-0.05, 0) is 24.3 Å². The molecule has 0 atom stereocenters. The minimum absolute atomic E-state index is 0.173. The number of nitrogens with one attached hydrogen (secondary N) is 1. The molecule has 0 aliphatic carbocycles. The Hall–Kier alpha value is -2.43. The van der Waals surface area contributed by atoms with E-state index in [1.54, 1.807) is 37.4 Å². The third-order valence-corrected chi connectivity index (χ3v) is 2.69. The van der Waals surface area contributed by atoms with E-state index in [4.69, 9.17) is 15.2 Å². The standard InChI is InChI=1S/C14H15FN2O2/c1-18-10-4-6-12(16)13(8-10)17-9-3-5-11(15)14(7-9)19-2/h3-8,17H,16H2,1-2H3. The van der Waals surface area contributed by atoms with Crippen molar-refractivity contribution < 1.29 is 13.9 Å². The largest absolute Gasteiger partial charge is 0.497 e. The van der Waals surface area contributed by atoms with Crippen LogP contribution in [0.2, 0.25) is 0 Å². The minimum atomic E-state index is -0.410. The van der Waals surface area contributed by atoms with Gasteiger partial charge >= 0.3 is 0 Å². The molecule has 4 nitrogen and oxygen atoms in total. The van der Waals surface area contributed by atoms with Gasteiger partial charge in [-0.2, -0.15) is 0 Å². The van der Waals surface area contributed by atoms with Gasteiger partial charge in [-0.15, -0.1) is 0 Å². The molecule has 0 amide bonds. The van der Waals surface area contributed by atoms with E-state index in [9.17, 15) is 4.39 Å². The summed E-state index contributed by atoms with van der Waals surface area (Å²) in [6.45, 7) is 0. The van der Waals surface area contributed by atoms with Gasteiger partial charge in [0.15, 0.2) is 11.6 Å². The zero-order valence-electron chi connectivity index (χ0n) is 10.7. The van der Waals surface area contributed by atoms with Crippen molar-refractivity contribution in [2.24, 2.45) is 0 Å². The molecule has 0 bridgehead atoms. The fourth-order valence-corrected chi connectivity index (χ4v) is 1.66. The van der Waals surface area contributed by atoms with Gasteiger partial charge < -0.3 is 20.5 Å². The Balaban J connectivity index is 2.30. The highest BCUT2D eigenvalue weighted by Crippen LogP contribution is 2.29.